The Kier molecular flexibility index (Phi) is 4.28. The minimum absolute atomic E-state index is 0.282. The maximum atomic E-state index is 11.4. The second kappa shape index (κ2) is 5.27. The Bertz CT molecular complexity index is 347. The van der Waals surface area contributed by atoms with E-state index in [1.54, 1.807) is 0 Å². The van der Waals surface area contributed by atoms with Crippen LogP contribution in [0.15, 0.2) is 12.2 Å². The molecule has 0 radical (unpaired) electrons. The molecule has 1 atom stereocenters. The Balaban J connectivity index is 2.24. The summed E-state index contributed by atoms with van der Waals surface area (Å²) in [5, 5.41) is 10.9. The molecule has 0 aromatic carbocycles. The summed E-state index contributed by atoms with van der Waals surface area (Å²) < 4.78 is 22.8. The van der Waals surface area contributed by atoms with Gasteiger partial charge in [0, 0.05) is 19.2 Å². The van der Waals surface area contributed by atoms with Crippen molar-refractivity contribution in [2.45, 2.75) is 18.1 Å². The molecule has 6 heteroatoms. The predicted molar refractivity (Wildman–Crippen MR) is 56.5 cm³/mol. The molecule has 2 N–H and O–H groups in total. The Hall–Kier alpha value is -0.880. The van der Waals surface area contributed by atoms with Gasteiger partial charge in [0.25, 0.3) is 0 Å². The largest absolute Gasteiger partial charge is 0.478 e. The van der Waals surface area contributed by atoms with Gasteiger partial charge in [-0.15, -0.1) is 0 Å². The molecule has 0 amide bonds. The predicted octanol–water partition coefficient (Wildman–Crippen LogP) is -0.206. The number of hydrogen-bond acceptors (Lipinski definition) is 4. The third kappa shape index (κ3) is 4.01. The van der Waals surface area contributed by atoms with Crippen LogP contribution in [-0.4, -0.2) is 43.6 Å². The maximum Gasteiger partial charge on any atom is 0.328 e. The first-order valence-electron chi connectivity index (χ1n) is 4.84. The molecule has 1 aliphatic rings. The molecule has 1 rings (SSSR count). The molecule has 5 nitrogen and oxygen atoms in total. The zero-order valence-corrected chi connectivity index (χ0v) is 9.16. The number of aliphatic carboxylic acids is 1. The van der Waals surface area contributed by atoms with Crippen molar-refractivity contribution < 1.29 is 18.3 Å². The molecule has 0 spiro atoms. The summed E-state index contributed by atoms with van der Waals surface area (Å²) >= 11 is 0. The molecular weight excluding hydrogens is 218 g/mol. The van der Waals surface area contributed by atoms with Crippen LogP contribution in [0, 0.1) is 0 Å². The Labute approximate surface area is 89.1 Å². The van der Waals surface area contributed by atoms with Crippen molar-refractivity contribution in [3.8, 4) is 0 Å². The number of carboxylic acids is 1. The van der Waals surface area contributed by atoms with Crippen molar-refractivity contribution >= 4 is 15.8 Å². The molecule has 0 aliphatic carbocycles. The lowest BCUT2D eigenvalue weighted by atomic mass is 10.2. The number of carboxylic acid groups (broad SMARTS) is 1. The van der Waals surface area contributed by atoms with E-state index in [1.165, 1.54) is 6.08 Å². The van der Waals surface area contributed by atoms with Gasteiger partial charge in [-0.2, -0.15) is 0 Å². The van der Waals surface area contributed by atoms with Crippen LogP contribution in [0.5, 0.6) is 0 Å². The summed E-state index contributed by atoms with van der Waals surface area (Å²) in [4.78, 5) is 10.1. The van der Waals surface area contributed by atoms with Crippen molar-refractivity contribution in [3.05, 3.63) is 12.2 Å². The maximum absolute atomic E-state index is 11.4. The molecule has 0 bridgehead atoms. The van der Waals surface area contributed by atoms with Crippen LogP contribution in [0.2, 0.25) is 0 Å². The average molecular weight is 233 g/mol. The Morgan fingerprint density at radius 1 is 1.53 bits per heavy atom. The van der Waals surface area contributed by atoms with E-state index in [1.807, 2.05) is 0 Å². The van der Waals surface area contributed by atoms with E-state index < -0.39 is 15.8 Å². The van der Waals surface area contributed by atoms with Crippen LogP contribution in [0.3, 0.4) is 0 Å². The highest BCUT2D eigenvalue weighted by Gasteiger charge is 2.30. The first-order valence-corrected chi connectivity index (χ1v) is 6.55. The van der Waals surface area contributed by atoms with Gasteiger partial charge in [-0.3, -0.25) is 0 Å². The minimum atomic E-state index is -2.89. The van der Waals surface area contributed by atoms with Crippen molar-refractivity contribution in [2.75, 3.05) is 18.8 Å². The number of carbonyl (C=O) groups is 1. The molecular formula is C9H15NO4S. The monoisotopic (exact) mass is 233 g/mol. The van der Waals surface area contributed by atoms with Crippen molar-refractivity contribution in [2.24, 2.45) is 0 Å². The van der Waals surface area contributed by atoms with E-state index >= 15 is 0 Å². The van der Waals surface area contributed by atoms with Crippen LogP contribution in [-0.2, 0) is 14.6 Å². The smallest absolute Gasteiger partial charge is 0.328 e. The normalized spacial score (nSPS) is 24.7. The van der Waals surface area contributed by atoms with Crippen LogP contribution < -0.4 is 5.32 Å². The van der Waals surface area contributed by atoms with Crippen LogP contribution >= 0.6 is 0 Å². The van der Waals surface area contributed by atoms with Crippen molar-refractivity contribution in [3.63, 3.8) is 0 Å². The molecule has 86 valence electrons. The summed E-state index contributed by atoms with van der Waals surface area (Å²) in [5.41, 5.74) is 0. The lowest BCUT2D eigenvalue weighted by Gasteiger charge is -2.08. The van der Waals surface area contributed by atoms with E-state index in [0.29, 0.717) is 19.5 Å². The third-order valence-electron chi connectivity index (χ3n) is 2.36. The number of sulfone groups is 1. The molecule has 0 saturated carbocycles. The zero-order valence-electron chi connectivity index (χ0n) is 8.35. The first-order chi connectivity index (χ1) is 7.02. The first kappa shape index (κ1) is 12.2. The van der Waals surface area contributed by atoms with Crippen LogP contribution in [0.1, 0.15) is 12.8 Å². The van der Waals surface area contributed by atoms with Gasteiger partial charge < -0.3 is 10.4 Å². The van der Waals surface area contributed by atoms with Crippen LogP contribution in [0.4, 0.5) is 0 Å². The van der Waals surface area contributed by atoms with Gasteiger partial charge in [-0.05, 0) is 12.8 Å². The molecule has 0 aromatic heterocycles. The van der Waals surface area contributed by atoms with E-state index in [4.69, 9.17) is 5.11 Å². The second-order valence-corrected chi connectivity index (χ2v) is 5.93. The molecule has 1 unspecified atom stereocenters. The molecule has 15 heavy (non-hydrogen) atoms. The second-order valence-electron chi connectivity index (χ2n) is 3.53. The number of hydrogen-bond donors (Lipinski definition) is 2. The highest BCUT2D eigenvalue weighted by atomic mass is 32.2. The lowest BCUT2D eigenvalue weighted by Crippen LogP contribution is -2.30. The lowest BCUT2D eigenvalue weighted by molar-refractivity contribution is -0.131. The Morgan fingerprint density at radius 3 is 2.80 bits per heavy atom. The fourth-order valence-electron chi connectivity index (χ4n) is 1.57. The van der Waals surface area contributed by atoms with Crippen molar-refractivity contribution in [1.29, 1.82) is 0 Å². The van der Waals surface area contributed by atoms with Gasteiger partial charge in [0.2, 0.25) is 0 Å². The molecule has 1 fully saturated rings. The van der Waals surface area contributed by atoms with E-state index in [0.717, 1.165) is 12.5 Å². The fraction of sp³-hybridized carbons (Fsp3) is 0.667. The summed E-state index contributed by atoms with van der Waals surface area (Å²) in [5.74, 6) is -0.713. The summed E-state index contributed by atoms with van der Waals surface area (Å²) in [7, 11) is -2.89. The van der Waals surface area contributed by atoms with Gasteiger partial charge in [0.1, 0.15) is 0 Å². The summed E-state index contributed by atoms with van der Waals surface area (Å²) in [6.07, 6.45) is 3.94. The van der Waals surface area contributed by atoms with Gasteiger partial charge in [-0.1, -0.05) is 6.08 Å². The fourth-order valence-corrected chi connectivity index (χ4v) is 3.37. The SMILES string of the molecule is O=C(O)/C=C/CNCC1CCCS1(=O)=O. The van der Waals surface area contributed by atoms with Gasteiger partial charge in [0.05, 0.1) is 11.0 Å². The summed E-state index contributed by atoms with van der Waals surface area (Å²) in [6.45, 7) is 0.796. The van der Waals surface area contributed by atoms with E-state index in [2.05, 4.69) is 5.32 Å². The van der Waals surface area contributed by atoms with Crippen molar-refractivity contribution in [1.82, 2.24) is 5.32 Å². The van der Waals surface area contributed by atoms with E-state index in [9.17, 15) is 13.2 Å². The average Bonchev–Trinajstić information content (AvgIpc) is 2.44. The molecule has 1 heterocycles. The standard InChI is InChI=1S/C9H15NO4S/c11-9(12)4-1-5-10-7-8-3-2-6-15(8,13)14/h1,4,8,10H,2-3,5-7H2,(H,11,12)/b4-1+. The van der Waals surface area contributed by atoms with Crippen LogP contribution in [0.25, 0.3) is 0 Å². The quantitative estimate of drug-likeness (QED) is 0.507. The van der Waals surface area contributed by atoms with E-state index in [-0.39, 0.29) is 11.0 Å². The number of nitrogens with one attached hydrogen (secondary N) is 1. The molecule has 1 aliphatic heterocycles. The van der Waals surface area contributed by atoms with Gasteiger partial charge in [0.15, 0.2) is 9.84 Å². The summed E-state index contributed by atoms with van der Waals surface area (Å²) in [6, 6.07) is 0. The number of rotatable bonds is 5. The van der Waals surface area contributed by atoms with Gasteiger partial charge >= 0.3 is 5.97 Å². The molecule has 0 aromatic rings. The highest BCUT2D eigenvalue weighted by molar-refractivity contribution is 7.92. The minimum Gasteiger partial charge on any atom is -0.478 e. The topological polar surface area (TPSA) is 83.5 Å². The zero-order chi connectivity index (χ0) is 11.3. The Morgan fingerprint density at radius 2 is 2.27 bits per heavy atom. The van der Waals surface area contributed by atoms with Gasteiger partial charge in [-0.25, -0.2) is 13.2 Å². The molecule has 1 saturated heterocycles. The highest BCUT2D eigenvalue weighted by Crippen LogP contribution is 2.18. The third-order valence-corrected chi connectivity index (χ3v) is 4.63.